The second-order valence-corrected chi connectivity index (χ2v) is 15.6. The van der Waals surface area contributed by atoms with Crippen molar-refractivity contribution < 1.29 is 88.5 Å². The van der Waals surface area contributed by atoms with Crippen LogP contribution < -0.4 is 9.47 Å². The topological polar surface area (TPSA) is 18.5 Å². The van der Waals surface area contributed by atoms with Crippen LogP contribution >= 0.6 is 0 Å². The molecule has 0 saturated carbocycles. The van der Waals surface area contributed by atoms with Crippen LogP contribution in [0.4, 0.5) is 79.0 Å². The van der Waals surface area contributed by atoms with E-state index in [4.69, 9.17) is 9.47 Å². The molecule has 368 valence electrons. The summed E-state index contributed by atoms with van der Waals surface area (Å²) in [6, 6.07) is 23.3. The highest BCUT2D eigenvalue weighted by atomic mass is 19.2. The molecule has 8 rings (SSSR count). The van der Waals surface area contributed by atoms with Gasteiger partial charge in [0.15, 0.2) is 69.8 Å². The lowest BCUT2D eigenvalue weighted by atomic mass is 9.71. The first kappa shape index (κ1) is 50.2. The number of rotatable bonds is 11. The molecule has 0 aliphatic carbocycles. The Bertz CT molecular complexity index is 3210. The molecule has 0 radical (unpaired) electrons. The zero-order valence-electron chi connectivity index (χ0n) is 35.6. The van der Waals surface area contributed by atoms with E-state index < -0.39 is 155 Å². The first-order valence-corrected chi connectivity index (χ1v) is 20.2. The lowest BCUT2D eigenvalue weighted by Crippen LogP contribution is -2.25. The highest BCUT2D eigenvalue weighted by molar-refractivity contribution is 5.71. The lowest BCUT2D eigenvalue weighted by Gasteiger charge is -2.32. The molecular formula is C52H22F18O2. The molecule has 0 aliphatic rings. The number of halogens is 18. The molecule has 0 fully saturated rings. The molecule has 2 nitrogen and oxygen atoms in total. The van der Waals surface area contributed by atoms with Crippen LogP contribution in [0.25, 0.3) is 39.5 Å². The Morgan fingerprint density at radius 3 is 0.792 bits per heavy atom. The summed E-state index contributed by atoms with van der Waals surface area (Å²) in [6.07, 6.45) is 1.63. The summed E-state index contributed by atoms with van der Waals surface area (Å²) in [5.74, 6) is -52.2. The Morgan fingerprint density at radius 1 is 0.306 bits per heavy atom. The second kappa shape index (κ2) is 18.9. The van der Waals surface area contributed by atoms with Gasteiger partial charge in [-0.2, -0.15) is 17.6 Å². The van der Waals surface area contributed by atoms with E-state index in [1.165, 1.54) is 24.3 Å². The van der Waals surface area contributed by atoms with Crippen molar-refractivity contribution >= 4 is 6.08 Å². The summed E-state index contributed by atoms with van der Waals surface area (Å²) >= 11 is 0. The molecule has 72 heavy (non-hydrogen) atoms. The third-order valence-electron chi connectivity index (χ3n) is 11.6. The summed E-state index contributed by atoms with van der Waals surface area (Å²) in [5, 5.41) is 0. The quantitative estimate of drug-likeness (QED) is 0.0556. The highest BCUT2D eigenvalue weighted by Gasteiger charge is 2.38. The van der Waals surface area contributed by atoms with Crippen LogP contribution in [0.15, 0.2) is 104 Å². The molecule has 0 amide bonds. The maximum Gasteiger partial charge on any atom is 0.205 e. The van der Waals surface area contributed by atoms with Crippen LogP contribution in [0, 0.1) is 105 Å². The summed E-state index contributed by atoms with van der Waals surface area (Å²) < 4.78 is 274. The average Bonchev–Trinajstić information content (AvgIpc) is 3.39. The van der Waals surface area contributed by atoms with Crippen LogP contribution in [0.3, 0.4) is 0 Å². The summed E-state index contributed by atoms with van der Waals surface area (Å²) in [5.41, 5.74) is -7.15. The first-order chi connectivity index (χ1) is 34.0. The van der Waals surface area contributed by atoms with E-state index in [1.54, 1.807) is 49.4 Å². The number of hydrogen-bond donors (Lipinski definition) is 0. The van der Waals surface area contributed by atoms with Gasteiger partial charge >= 0.3 is 0 Å². The fourth-order valence-electron chi connectivity index (χ4n) is 7.75. The average molecular weight is 1020 g/mol. The zero-order chi connectivity index (χ0) is 52.4. The molecule has 0 atom stereocenters. The maximum absolute atomic E-state index is 15.4. The molecule has 0 unspecified atom stereocenters. The van der Waals surface area contributed by atoms with Gasteiger partial charge in [-0.3, -0.25) is 0 Å². The summed E-state index contributed by atoms with van der Waals surface area (Å²) in [4.78, 5) is 0. The van der Waals surface area contributed by atoms with Gasteiger partial charge in [0, 0.05) is 5.41 Å². The number of benzene rings is 8. The van der Waals surface area contributed by atoms with Crippen LogP contribution in [-0.4, -0.2) is 0 Å². The predicted octanol–water partition coefficient (Wildman–Crippen LogP) is 16.8. The largest absolute Gasteiger partial charge is 0.451 e. The van der Waals surface area contributed by atoms with E-state index in [9.17, 15) is 43.9 Å². The van der Waals surface area contributed by atoms with Gasteiger partial charge in [-0.1, -0.05) is 85.5 Å². The van der Waals surface area contributed by atoms with Gasteiger partial charge in [0.2, 0.25) is 46.4 Å². The predicted molar refractivity (Wildman–Crippen MR) is 224 cm³/mol. The highest BCUT2D eigenvalue weighted by Crippen LogP contribution is 2.46. The molecule has 8 aromatic rings. The molecule has 0 aromatic heterocycles. The molecule has 0 heterocycles. The number of hydrogen-bond acceptors (Lipinski definition) is 2. The van der Waals surface area contributed by atoms with E-state index >= 15 is 35.1 Å². The van der Waals surface area contributed by atoms with Gasteiger partial charge in [-0.15, -0.1) is 0 Å². The molecule has 0 N–H and O–H groups in total. The van der Waals surface area contributed by atoms with Crippen molar-refractivity contribution in [2.75, 3.05) is 0 Å². The van der Waals surface area contributed by atoms with Crippen molar-refractivity contribution in [2.24, 2.45) is 0 Å². The van der Waals surface area contributed by atoms with Gasteiger partial charge in [0.25, 0.3) is 0 Å². The van der Waals surface area contributed by atoms with Gasteiger partial charge < -0.3 is 9.47 Å². The monoisotopic (exact) mass is 1020 g/mol. The smallest absolute Gasteiger partial charge is 0.205 e. The fourth-order valence-corrected chi connectivity index (χ4v) is 7.75. The van der Waals surface area contributed by atoms with Gasteiger partial charge in [-0.25, -0.2) is 61.5 Å². The normalized spacial score (nSPS) is 11.6. The van der Waals surface area contributed by atoms with Crippen molar-refractivity contribution in [1.82, 2.24) is 0 Å². The lowest BCUT2D eigenvalue weighted by molar-refractivity contribution is 0.363. The molecule has 8 aromatic carbocycles. The molecule has 0 aliphatic heterocycles. The minimum Gasteiger partial charge on any atom is -0.451 e. The maximum atomic E-state index is 15.4. The van der Waals surface area contributed by atoms with Gasteiger partial charge in [0.05, 0.1) is 22.3 Å². The second-order valence-electron chi connectivity index (χ2n) is 15.6. The molecule has 0 saturated heterocycles. The van der Waals surface area contributed by atoms with E-state index in [2.05, 4.69) is 6.58 Å². The van der Waals surface area contributed by atoms with Crippen molar-refractivity contribution in [1.29, 1.82) is 0 Å². The third kappa shape index (κ3) is 8.13. The van der Waals surface area contributed by atoms with Crippen LogP contribution in [-0.2, 0) is 5.41 Å². The van der Waals surface area contributed by atoms with Gasteiger partial charge in [0.1, 0.15) is 11.5 Å². The van der Waals surface area contributed by atoms with E-state index in [1.807, 2.05) is 12.1 Å². The van der Waals surface area contributed by atoms with Crippen LogP contribution in [0.2, 0.25) is 0 Å². The third-order valence-corrected chi connectivity index (χ3v) is 11.6. The molecule has 0 spiro atoms. The Kier molecular flexibility index (Phi) is 13.2. The number of ether oxygens (including phenoxy) is 2. The van der Waals surface area contributed by atoms with E-state index in [0.29, 0.717) is 11.1 Å². The summed E-state index contributed by atoms with van der Waals surface area (Å²) in [6.45, 7) is 5.34. The summed E-state index contributed by atoms with van der Waals surface area (Å²) in [7, 11) is 0. The zero-order valence-corrected chi connectivity index (χ0v) is 35.6. The van der Waals surface area contributed by atoms with Crippen molar-refractivity contribution in [3.63, 3.8) is 0 Å². The molecule has 0 bridgehead atoms. The minimum absolute atomic E-state index is 0.288. The van der Waals surface area contributed by atoms with Crippen LogP contribution in [0.1, 0.15) is 29.2 Å². The van der Waals surface area contributed by atoms with E-state index in [-0.39, 0.29) is 11.1 Å². The Morgan fingerprint density at radius 2 is 0.528 bits per heavy atom. The fraction of sp³-hybridized carbons (Fsp3) is 0.0385. The van der Waals surface area contributed by atoms with Gasteiger partial charge in [-0.05, 0) is 64.6 Å². The Balaban J connectivity index is 1.16. The van der Waals surface area contributed by atoms with E-state index in [0.717, 1.165) is 35.4 Å². The van der Waals surface area contributed by atoms with Crippen LogP contribution in [0.5, 0.6) is 23.0 Å². The SMILES string of the molecule is C=Cc1ccc(-c2ccc(C(C)(c3ccc(Oc4c(F)c(F)c(-c5c(F)c(F)c(F)c(F)c5F)c(F)c4F)cc3)c3ccc(Oc4c(F)c(F)c(-c5c(F)c(F)c(F)c(F)c5F)c(F)c4F)cc3)cc2)cc1. The van der Waals surface area contributed by atoms with Crippen molar-refractivity contribution in [2.45, 2.75) is 12.3 Å². The van der Waals surface area contributed by atoms with Crippen molar-refractivity contribution in [3.05, 3.63) is 231 Å². The minimum atomic E-state index is -2.75. The molecular weight excluding hydrogens is 999 g/mol. The van der Waals surface area contributed by atoms with Crippen molar-refractivity contribution in [3.8, 4) is 56.4 Å². The first-order valence-electron chi connectivity index (χ1n) is 20.2. The Hall–Kier alpha value is -8.16. The standard InChI is InChI=1S/C52H22F18O2/c1-3-20-4-6-21(7-5-20)22-8-10-23(11-9-22)52(2,24-12-16-26(17-13-24)71-50-46(67)36(57)30(37(58)47(50)68)28-32(53)40(61)44(65)41(62)33(28)54)25-14-18-27(19-15-25)72-51-48(69)38(59)31(39(60)49(51)70)29-34(55)42(63)45(66)43(64)35(29)56/h3-19H,1H2,2H3. The Labute approximate surface area is 393 Å². The molecule has 20 heteroatoms.